The number of rotatable bonds is 4. The van der Waals surface area contributed by atoms with Gasteiger partial charge in [0.05, 0.1) is 10.5 Å². The Balaban J connectivity index is 2.30. The predicted molar refractivity (Wildman–Crippen MR) is 68.2 cm³/mol. The highest BCUT2D eigenvalue weighted by atomic mass is 16.6. The highest BCUT2D eigenvalue weighted by Crippen LogP contribution is 2.24. The fraction of sp³-hybridized carbons (Fsp3) is 0.333. The standard InChI is InChI=1S/C12H14N4O3/c1-3-12(2,13)11-14-10(15-19-11)8-4-6-9(7-5-8)16(17)18/h4-7H,3,13H2,1-2H3. The molecule has 0 aliphatic rings. The van der Waals surface area contributed by atoms with Crippen molar-refractivity contribution >= 4 is 5.69 Å². The smallest absolute Gasteiger partial charge is 0.269 e. The minimum absolute atomic E-state index is 0.0182. The molecule has 0 fully saturated rings. The minimum atomic E-state index is -0.675. The fourth-order valence-corrected chi connectivity index (χ4v) is 1.46. The van der Waals surface area contributed by atoms with Crippen molar-refractivity contribution in [2.24, 2.45) is 5.73 Å². The molecule has 0 aliphatic carbocycles. The summed E-state index contributed by atoms with van der Waals surface area (Å²) in [5, 5.41) is 14.4. The average Bonchev–Trinajstić information content (AvgIpc) is 2.89. The number of nitro groups is 1. The summed E-state index contributed by atoms with van der Waals surface area (Å²) < 4.78 is 5.13. The molecule has 2 rings (SSSR count). The summed E-state index contributed by atoms with van der Waals surface area (Å²) in [6.45, 7) is 3.73. The second-order valence-corrected chi connectivity index (χ2v) is 4.50. The van der Waals surface area contributed by atoms with Crippen LogP contribution in [-0.2, 0) is 5.54 Å². The van der Waals surface area contributed by atoms with Crippen molar-refractivity contribution in [3.63, 3.8) is 0 Å². The van der Waals surface area contributed by atoms with E-state index in [1.54, 1.807) is 19.1 Å². The number of non-ortho nitro benzene ring substituents is 1. The van der Waals surface area contributed by atoms with E-state index in [2.05, 4.69) is 10.1 Å². The van der Waals surface area contributed by atoms with E-state index in [-0.39, 0.29) is 5.69 Å². The molecule has 0 radical (unpaired) electrons. The fourth-order valence-electron chi connectivity index (χ4n) is 1.46. The van der Waals surface area contributed by atoms with Crippen LogP contribution >= 0.6 is 0 Å². The van der Waals surface area contributed by atoms with Gasteiger partial charge in [-0.05, 0) is 25.5 Å². The Hall–Kier alpha value is -2.28. The van der Waals surface area contributed by atoms with Crippen LogP contribution in [0, 0.1) is 10.1 Å². The van der Waals surface area contributed by atoms with Crippen LogP contribution in [0.3, 0.4) is 0 Å². The van der Waals surface area contributed by atoms with Crippen molar-refractivity contribution in [2.45, 2.75) is 25.8 Å². The van der Waals surface area contributed by atoms with Crippen molar-refractivity contribution in [3.05, 3.63) is 40.3 Å². The number of benzene rings is 1. The molecular formula is C12H14N4O3. The maximum atomic E-state index is 10.6. The van der Waals surface area contributed by atoms with Crippen molar-refractivity contribution in [1.82, 2.24) is 10.1 Å². The Labute approximate surface area is 109 Å². The van der Waals surface area contributed by atoms with Crippen molar-refractivity contribution in [1.29, 1.82) is 0 Å². The van der Waals surface area contributed by atoms with E-state index in [0.29, 0.717) is 23.7 Å². The molecule has 1 atom stereocenters. The minimum Gasteiger partial charge on any atom is -0.337 e. The number of nitrogens with zero attached hydrogens (tertiary/aromatic N) is 3. The Morgan fingerprint density at radius 1 is 1.42 bits per heavy atom. The largest absolute Gasteiger partial charge is 0.337 e. The van der Waals surface area contributed by atoms with Gasteiger partial charge < -0.3 is 10.3 Å². The summed E-state index contributed by atoms with van der Waals surface area (Å²) in [6, 6.07) is 5.94. The molecule has 1 heterocycles. The van der Waals surface area contributed by atoms with Crippen LogP contribution in [0.2, 0.25) is 0 Å². The summed E-state index contributed by atoms with van der Waals surface area (Å²) in [7, 11) is 0. The second-order valence-electron chi connectivity index (χ2n) is 4.50. The molecule has 0 spiro atoms. The predicted octanol–water partition coefficient (Wildman–Crippen LogP) is 2.23. The van der Waals surface area contributed by atoms with Crippen LogP contribution in [0.25, 0.3) is 11.4 Å². The Bertz CT molecular complexity index is 589. The first kappa shape index (κ1) is 13.2. The summed E-state index contributed by atoms with van der Waals surface area (Å²) in [4.78, 5) is 14.3. The zero-order chi connectivity index (χ0) is 14.0. The molecule has 7 nitrogen and oxygen atoms in total. The van der Waals surface area contributed by atoms with Gasteiger partial charge in [0.2, 0.25) is 11.7 Å². The monoisotopic (exact) mass is 262 g/mol. The Kier molecular flexibility index (Phi) is 3.30. The topological polar surface area (TPSA) is 108 Å². The third-order valence-electron chi connectivity index (χ3n) is 2.99. The Morgan fingerprint density at radius 2 is 2.05 bits per heavy atom. The average molecular weight is 262 g/mol. The van der Waals surface area contributed by atoms with Gasteiger partial charge >= 0.3 is 0 Å². The van der Waals surface area contributed by atoms with Crippen molar-refractivity contribution in [3.8, 4) is 11.4 Å². The lowest BCUT2D eigenvalue weighted by molar-refractivity contribution is -0.384. The first-order valence-electron chi connectivity index (χ1n) is 5.82. The number of nitro benzene ring substituents is 1. The number of hydrogen-bond donors (Lipinski definition) is 1. The summed E-state index contributed by atoms with van der Waals surface area (Å²) in [5.41, 5.74) is 6.00. The number of nitrogens with two attached hydrogens (primary N) is 1. The molecule has 0 bridgehead atoms. The van der Waals surface area contributed by atoms with Crippen LogP contribution in [0.1, 0.15) is 26.2 Å². The van der Waals surface area contributed by atoms with Gasteiger partial charge in [-0.3, -0.25) is 10.1 Å². The van der Waals surface area contributed by atoms with E-state index in [0.717, 1.165) is 0 Å². The summed E-state index contributed by atoms with van der Waals surface area (Å²) >= 11 is 0. The van der Waals surface area contributed by atoms with Gasteiger partial charge in [-0.15, -0.1) is 0 Å². The summed E-state index contributed by atoms with van der Waals surface area (Å²) in [6.07, 6.45) is 0.662. The molecule has 0 aliphatic heterocycles. The summed E-state index contributed by atoms with van der Waals surface area (Å²) in [5.74, 6) is 0.721. The lowest BCUT2D eigenvalue weighted by Crippen LogP contribution is -2.32. The van der Waals surface area contributed by atoms with E-state index >= 15 is 0 Å². The van der Waals surface area contributed by atoms with Gasteiger partial charge in [-0.25, -0.2) is 0 Å². The van der Waals surface area contributed by atoms with Gasteiger partial charge in [-0.1, -0.05) is 12.1 Å². The maximum absolute atomic E-state index is 10.6. The SMILES string of the molecule is CCC(C)(N)c1nc(-c2ccc([N+](=O)[O-])cc2)no1. The third kappa shape index (κ3) is 2.60. The molecular weight excluding hydrogens is 248 g/mol. The molecule has 2 N–H and O–H groups in total. The van der Waals surface area contributed by atoms with Gasteiger partial charge in [-0.2, -0.15) is 4.98 Å². The van der Waals surface area contributed by atoms with E-state index in [4.69, 9.17) is 10.3 Å². The maximum Gasteiger partial charge on any atom is 0.269 e. The molecule has 0 saturated carbocycles. The molecule has 0 amide bonds. The molecule has 1 aromatic heterocycles. The zero-order valence-electron chi connectivity index (χ0n) is 10.7. The number of hydrogen-bond acceptors (Lipinski definition) is 6. The van der Waals surface area contributed by atoms with Crippen molar-refractivity contribution < 1.29 is 9.45 Å². The molecule has 2 aromatic rings. The van der Waals surface area contributed by atoms with Crippen LogP contribution in [0.5, 0.6) is 0 Å². The van der Waals surface area contributed by atoms with Crippen LogP contribution in [0.15, 0.2) is 28.8 Å². The highest BCUT2D eigenvalue weighted by molar-refractivity contribution is 5.56. The van der Waals surface area contributed by atoms with Crippen LogP contribution in [-0.4, -0.2) is 15.1 Å². The van der Waals surface area contributed by atoms with E-state index in [9.17, 15) is 10.1 Å². The third-order valence-corrected chi connectivity index (χ3v) is 2.99. The van der Waals surface area contributed by atoms with Crippen LogP contribution in [0.4, 0.5) is 5.69 Å². The Morgan fingerprint density at radius 3 is 2.58 bits per heavy atom. The van der Waals surface area contributed by atoms with Gasteiger partial charge in [0.25, 0.3) is 5.69 Å². The molecule has 1 unspecified atom stereocenters. The molecule has 19 heavy (non-hydrogen) atoms. The van der Waals surface area contributed by atoms with Gasteiger partial charge in [0.1, 0.15) is 0 Å². The molecule has 100 valence electrons. The van der Waals surface area contributed by atoms with Gasteiger partial charge in [0.15, 0.2) is 0 Å². The highest BCUT2D eigenvalue weighted by Gasteiger charge is 2.26. The van der Waals surface area contributed by atoms with E-state index in [1.165, 1.54) is 12.1 Å². The lowest BCUT2D eigenvalue weighted by atomic mass is 10.0. The zero-order valence-corrected chi connectivity index (χ0v) is 10.7. The molecule has 7 heteroatoms. The molecule has 1 aromatic carbocycles. The number of aromatic nitrogens is 2. The normalized spacial score (nSPS) is 14.1. The first-order valence-corrected chi connectivity index (χ1v) is 5.82. The van der Waals surface area contributed by atoms with E-state index in [1.807, 2.05) is 6.92 Å². The first-order chi connectivity index (χ1) is 8.94. The van der Waals surface area contributed by atoms with Crippen molar-refractivity contribution in [2.75, 3.05) is 0 Å². The quantitative estimate of drug-likeness (QED) is 0.668. The lowest BCUT2D eigenvalue weighted by Gasteiger charge is -2.16. The van der Waals surface area contributed by atoms with E-state index < -0.39 is 10.5 Å². The second kappa shape index (κ2) is 4.77. The molecule has 0 saturated heterocycles. The van der Waals surface area contributed by atoms with Gasteiger partial charge in [0, 0.05) is 17.7 Å². The van der Waals surface area contributed by atoms with Crippen LogP contribution < -0.4 is 5.73 Å².